The van der Waals surface area contributed by atoms with Crippen LogP contribution in [0.4, 0.5) is 0 Å². The maximum atomic E-state index is 12.5. The molecule has 1 aliphatic rings. The molecule has 0 saturated heterocycles. The highest BCUT2D eigenvalue weighted by molar-refractivity contribution is 5.83. The molecule has 104 valence electrons. The van der Waals surface area contributed by atoms with Crippen LogP contribution in [0.3, 0.4) is 0 Å². The molecule has 0 unspecified atom stereocenters. The molecule has 1 fully saturated rings. The van der Waals surface area contributed by atoms with Gasteiger partial charge in [0.2, 0.25) is 5.91 Å². The lowest BCUT2D eigenvalue weighted by Crippen LogP contribution is -2.47. The maximum Gasteiger partial charge on any atom is 0.227 e. The summed E-state index contributed by atoms with van der Waals surface area (Å²) in [7, 11) is 0. The van der Waals surface area contributed by atoms with Gasteiger partial charge in [-0.2, -0.15) is 0 Å². The summed E-state index contributed by atoms with van der Waals surface area (Å²) in [4.78, 5) is 16.6. The first-order valence-electron chi connectivity index (χ1n) is 7.09. The molecule has 4 heteroatoms. The lowest BCUT2D eigenvalue weighted by atomic mass is 9.73. The van der Waals surface area contributed by atoms with E-state index in [0.29, 0.717) is 6.54 Å². The molecule has 1 aromatic rings. The zero-order valence-electron chi connectivity index (χ0n) is 11.6. The molecule has 2 rings (SSSR count). The van der Waals surface area contributed by atoms with E-state index in [1.54, 1.807) is 12.4 Å². The summed E-state index contributed by atoms with van der Waals surface area (Å²) in [5.74, 6) is 0.103. The van der Waals surface area contributed by atoms with Crippen LogP contribution in [0.1, 0.15) is 50.6 Å². The Balaban J connectivity index is 2.03. The Hall–Kier alpha value is -1.42. The number of nitrogens with two attached hydrogens (primary N) is 1. The zero-order valence-corrected chi connectivity index (χ0v) is 11.6. The van der Waals surface area contributed by atoms with Crippen molar-refractivity contribution in [3.05, 3.63) is 30.1 Å². The Morgan fingerprint density at radius 2 is 2.21 bits per heavy atom. The first-order chi connectivity index (χ1) is 9.18. The molecule has 1 saturated carbocycles. The number of carbonyl (C=O) groups excluding carboxylic acids is 1. The number of aromatic nitrogens is 1. The molecule has 0 bridgehead atoms. The Bertz CT molecular complexity index is 413. The van der Waals surface area contributed by atoms with Gasteiger partial charge in [-0.25, -0.2) is 0 Å². The third kappa shape index (κ3) is 3.13. The molecule has 4 nitrogen and oxygen atoms in total. The van der Waals surface area contributed by atoms with E-state index in [0.717, 1.165) is 31.2 Å². The summed E-state index contributed by atoms with van der Waals surface area (Å²) in [5, 5.41) is 3.10. The van der Waals surface area contributed by atoms with Crippen molar-refractivity contribution in [3.63, 3.8) is 0 Å². The van der Waals surface area contributed by atoms with Gasteiger partial charge in [-0.1, -0.05) is 25.3 Å². The van der Waals surface area contributed by atoms with Crippen LogP contribution < -0.4 is 11.1 Å². The molecule has 1 aliphatic carbocycles. The second-order valence-electron chi connectivity index (χ2n) is 5.53. The molecule has 0 spiro atoms. The van der Waals surface area contributed by atoms with Gasteiger partial charge in [-0.3, -0.25) is 9.78 Å². The van der Waals surface area contributed by atoms with Gasteiger partial charge >= 0.3 is 0 Å². The van der Waals surface area contributed by atoms with Crippen molar-refractivity contribution in [2.45, 2.75) is 45.1 Å². The van der Waals surface area contributed by atoms with Crippen LogP contribution in [0.25, 0.3) is 0 Å². The van der Waals surface area contributed by atoms with Crippen molar-refractivity contribution >= 4 is 5.91 Å². The molecule has 1 heterocycles. The second-order valence-corrected chi connectivity index (χ2v) is 5.53. The van der Waals surface area contributed by atoms with Crippen molar-refractivity contribution in [3.8, 4) is 0 Å². The summed E-state index contributed by atoms with van der Waals surface area (Å²) in [6.07, 6.45) is 8.77. The van der Waals surface area contributed by atoms with E-state index in [4.69, 9.17) is 5.73 Å². The van der Waals surface area contributed by atoms with Gasteiger partial charge in [0.05, 0.1) is 11.5 Å². The number of hydrogen-bond acceptors (Lipinski definition) is 3. The Kier molecular flexibility index (Phi) is 4.53. The smallest absolute Gasteiger partial charge is 0.227 e. The van der Waals surface area contributed by atoms with Crippen LogP contribution in [0, 0.1) is 5.41 Å². The van der Waals surface area contributed by atoms with Gasteiger partial charge in [-0.15, -0.1) is 0 Å². The second kappa shape index (κ2) is 6.15. The Morgan fingerprint density at radius 3 is 2.79 bits per heavy atom. The summed E-state index contributed by atoms with van der Waals surface area (Å²) in [5.41, 5.74) is 6.55. The maximum absolute atomic E-state index is 12.5. The highest BCUT2D eigenvalue weighted by Crippen LogP contribution is 2.36. The minimum Gasteiger partial charge on any atom is -0.349 e. The molecule has 0 aliphatic heterocycles. The van der Waals surface area contributed by atoms with E-state index in [-0.39, 0.29) is 17.4 Å². The van der Waals surface area contributed by atoms with Crippen LogP contribution in [-0.2, 0) is 4.79 Å². The summed E-state index contributed by atoms with van der Waals surface area (Å²) in [6, 6.07) is 3.84. The van der Waals surface area contributed by atoms with Gasteiger partial charge in [0.15, 0.2) is 0 Å². The zero-order chi connectivity index (χ0) is 13.7. The molecule has 0 aromatic carbocycles. The van der Waals surface area contributed by atoms with E-state index in [1.807, 2.05) is 19.1 Å². The molecule has 3 N–H and O–H groups in total. The molecule has 19 heavy (non-hydrogen) atoms. The first-order valence-corrected chi connectivity index (χ1v) is 7.09. The minimum atomic E-state index is -0.352. The summed E-state index contributed by atoms with van der Waals surface area (Å²) in [6.45, 7) is 2.43. The SMILES string of the molecule is C[C@@H](NC(=O)C1(CN)CCCCC1)c1cccnc1. The van der Waals surface area contributed by atoms with Crippen molar-refractivity contribution in [2.24, 2.45) is 11.1 Å². The normalized spacial score (nSPS) is 19.7. The van der Waals surface area contributed by atoms with E-state index < -0.39 is 0 Å². The van der Waals surface area contributed by atoms with Crippen LogP contribution in [0.5, 0.6) is 0 Å². The van der Waals surface area contributed by atoms with E-state index in [1.165, 1.54) is 6.42 Å². The topological polar surface area (TPSA) is 68.0 Å². The van der Waals surface area contributed by atoms with Crippen LogP contribution in [0.2, 0.25) is 0 Å². The molecular weight excluding hydrogens is 238 g/mol. The van der Waals surface area contributed by atoms with Crippen LogP contribution in [0.15, 0.2) is 24.5 Å². The number of hydrogen-bond donors (Lipinski definition) is 2. The quantitative estimate of drug-likeness (QED) is 0.872. The van der Waals surface area contributed by atoms with Gasteiger partial charge in [-0.05, 0) is 31.4 Å². The highest BCUT2D eigenvalue weighted by Gasteiger charge is 2.38. The van der Waals surface area contributed by atoms with Crippen molar-refractivity contribution in [1.82, 2.24) is 10.3 Å². The summed E-state index contributed by atoms with van der Waals surface area (Å²) < 4.78 is 0. The summed E-state index contributed by atoms with van der Waals surface area (Å²) >= 11 is 0. The number of carbonyl (C=O) groups is 1. The van der Waals surface area contributed by atoms with E-state index in [9.17, 15) is 4.79 Å². The fourth-order valence-electron chi connectivity index (χ4n) is 2.82. The van der Waals surface area contributed by atoms with Gasteiger partial charge < -0.3 is 11.1 Å². The standard InChI is InChI=1S/C15H23N3O/c1-12(13-6-5-9-17-10-13)18-14(19)15(11-16)7-3-2-4-8-15/h5-6,9-10,12H,2-4,7-8,11,16H2,1H3,(H,18,19)/t12-/m1/s1. The molecule has 1 amide bonds. The number of amides is 1. The van der Waals surface area contributed by atoms with Crippen molar-refractivity contribution in [2.75, 3.05) is 6.54 Å². The van der Waals surface area contributed by atoms with Crippen molar-refractivity contribution in [1.29, 1.82) is 0 Å². The molecule has 1 atom stereocenters. The predicted molar refractivity (Wildman–Crippen MR) is 75.4 cm³/mol. The molecular formula is C15H23N3O. The van der Waals surface area contributed by atoms with E-state index in [2.05, 4.69) is 10.3 Å². The highest BCUT2D eigenvalue weighted by atomic mass is 16.2. The number of nitrogens with one attached hydrogen (secondary N) is 1. The van der Waals surface area contributed by atoms with Gasteiger partial charge in [0.25, 0.3) is 0 Å². The monoisotopic (exact) mass is 261 g/mol. The van der Waals surface area contributed by atoms with Crippen LogP contribution in [-0.4, -0.2) is 17.4 Å². The van der Waals surface area contributed by atoms with Gasteiger partial charge in [0, 0.05) is 18.9 Å². The number of rotatable bonds is 4. The Labute approximate surface area is 114 Å². The Morgan fingerprint density at radius 1 is 1.47 bits per heavy atom. The van der Waals surface area contributed by atoms with Crippen molar-refractivity contribution < 1.29 is 4.79 Å². The fourth-order valence-corrected chi connectivity index (χ4v) is 2.82. The largest absolute Gasteiger partial charge is 0.349 e. The number of pyridine rings is 1. The molecule has 0 radical (unpaired) electrons. The van der Waals surface area contributed by atoms with Crippen LogP contribution >= 0.6 is 0 Å². The predicted octanol–water partition coefficient (Wildman–Crippen LogP) is 2.17. The average Bonchev–Trinajstić information content (AvgIpc) is 2.48. The third-order valence-corrected chi connectivity index (χ3v) is 4.22. The van der Waals surface area contributed by atoms with Gasteiger partial charge in [0.1, 0.15) is 0 Å². The lowest BCUT2D eigenvalue weighted by Gasteiger charge is -2.35. The number of nitrogens with zero attached hydrogens (tertiary/aromatic N) is 1. The lowest BCUT2D eigenvalue weighted by molar-refractivity contribution is -0.133. The van der Waals surface area contributed by atoms with E-state index >= 15 is 0 Å². The minimum absolute atomic E-state index is 0.0217. The third-order valence-electron chi connectivity index (χ3n) is 4.22. The average molecular weight is 261 g/mol. The molecule has 1 aromatic heterocycles. The first kappa shape index (κ1) is 14.0. The fraction of sp³-hybridized carbons (Fsp3) is 0.600.